The largest absolute Gasteiger partial charge is 0.409 e. The fraction of sp³-hybridized carbons (Fsp3) is 0.125. The standard InChI is InChI=1S/C8H8BrFN2O/c1-4-2-5(10)3-6(9)7(4)8(11)12-13/h2-3,13H,1H3,(H2,11,12). The maximum atomic E-state index is 12.8. The summed E-state index contributed by atoms with van der Waals surface area (Å²) in [5.74, 6) is -0.400. The van der Waals surface area contributed by atoms with Gasteiger partial charge in [0.1, 0.15) is 5.82 Å². The molecule has 3 N–H and O–H groups in total. The number of oxime groups is 1. The molecule has 0 heterocycles. The summed E-state index contributed by atoms with van der Waals surface area (Å²) in [5, 5.41) is 11.3. The lowest BCUT2D eigenvalue weighted by Gasteiger charge is -2.06. The van der Waals surface area contributed by atoms with Gasteiger partial charge in [-0.1, -0.05) is 5.16 Å². The number of nitrogens with zero attached hydrogens (tertiary/aromatic N) is 1. The van der Waals surface area contributed by atoms with E-state index >= 15 is 0 Å². The summed E-state index contributed by atoms with van der Waals surface area (Å²) in [5.41, 5.74) is 6.51. The predicted molar refractivity (Wildman–Crippen MR) is 51.3 cm³/mol. The number of aryl methyl sites for hydroxylation is 1. The number of hydrogen-bond donors (Lipinski definition) is 2. The molecule has 0 aromatic heterocycles. The molecule has 0 saturated heterocycles. The fourth-order valence-corrected chi connectivity index (χ4v) is 1.81. The van der Waals surface area contributed by atoms with Crippen molar-refractivity contribution in [3.63, 3.8) is 0 Å². The van der Waals surface area contributed by atoms with E-state index in [2.05, 4.69) is 21.1 Å². The van der Waals surface area contributed by atoms with Crippen LogP contribution in [0, 0.1) is 12.7 Å². The Morgan fingerprint density at radius 1 is 1.62 bits per heavy atom. The van der Waals surface area contributed by atoms with Crippen molar-refractivity contribution >= 4 is 21.8 Å². The van der Waals surface area contributed by atoms with Crippen LogP contribution in [0.3, 0.4) is 0 Å². The molecule has 0 aliphatic heterocycles. The Labute approximate surface area is 83.2 Å². The van der Waals surface area contributed by atoms with Crippen LogP contribution in [0.25, 0.3) is 0 Å². The summed E-state index contributed by atoms with van der Waals surface area (Å²) in [6.07, 6.45) is 0. The lowest BCUT2D eigenvalue weighted by Crippen LogP contribution is -2.15. The van der Waals surface area contributed by atoms with Crippen molar-refractivity contribution in [1.82, 2.24) is 0 Å². The number of hydrogen-bond acceptors (Lipinski definition) is 2. The highest BCUT2D eigenvalue weighted by Crippen LogP contribution is 2.21. The molecule has 1 rings (SSSR count). The molecule has 0 amide bonds. The monoisotopic (exact) mass is 246 g/mol. The van der Waals surface area contributed by atoms with Gasteiger partial charge in [-0.05, 0) is 40.5 Å². The van der Waals surface area contributed by atoms with Crippen LogP contribution in [-0.4, -0.2) is 11.0 Å². The molecule has 70 valence electrons. The number of halogens is 2. The molecule has 0 radical (unpaired) electrons. The van der Waals surface area contributed by atoms with Crippen LogP contribution in [0.15, 0.2) is 21.8 Å². The molecule has 0 spiro atoms. The summed E-state index contributed by atoms with van der Waals surface area (Å²) < 4.78 is 13.3. The average molecular weight is 247 g/mol. The zero-order valence-electron chi connectivity index (χ0n) is 6.88. The number of nitrogens with two attached hydrogens (primary N) is 1. The van der Waals surface area contributed by atoms with Crippen molar-refractivity contribution in [2.75, 3.05) is 0 Å². The first-order valence-corrected chi connectivity index (χ1v) is 4.29. The van der Waals surface area contributed by atoms with Crippen LogP contribution in [0.2, 0.25) is 0 Å². The summed E-state index contributed by atoms with van der Waals surface area (Å²) in [7, 11) is 0. The zero-order valence-corrected chi connectivity index (χ0v) is 8.47. The van der Waals surface area contributed by atoms with Crippen molar-refractivity contribution in [2.45, 2.75) is 6.92 Å². The van der Waals surface area contributed by atoms with Crippen LogP contribution >= 0.6 is 15.9 Å². The Morgan fingerprint density at radius 3 is 2.69 bits per heavy atom. The first-order valence-electron chi connectivity index (χ1n) is 3.49. The quantitative estimate of drug-likeness (QED) is 0.345. The van der Waals surface area contributed by atoms with Crippen molar-refractivity contribution < 1.29 is 9.60 Å². The smallest absolute Gasteiger partial charge is 0.171 e. The molecule has 1 aromatic rings. The highest BCUT2D eigenvalue weighted by molar-refractivity contribution is 9.10. The minimum Gasteiger partial charge on any atom is -0.409 e. The second-order valence-corrected chi connectivity index (χ2v) is 3.42. The van der Waals surface area contributed by atoms with Gasteiger partial charge in [-0.2, -0.15) is 0 Å². The van der Waals surface area contributed by atoms with Gasteiger partial charge in [-0.3, -0.25) is 0 Å². The fourth-order valence-electron chi connectivity index (χ4n) is 1.08. The Morgan fingerprint density at radius 2 is 2.23 bits per heavy atom. The van der Waals surface area contributed by atoms with Gasteiger partial charge in [-0.25, -0.2) is 4.39 Å². The third-order valence-electron chi connectivity index (χ3n) is 1.62. The maximum absolute atomic E-state index is 12.8. The van der Waals surface area contributed by atoms with E-state index in [4.69, 9.17) is 10.9 Å². The normalized spacial score (nSPS) is 11.8. The minimum absolute atomic E-state index is 0.0376. The van der Waals surface area contributed by atoms with Gasteiger partial charge in [0.05, 0.1) is 0 Å². The van der Waals surface area contributed by atoms with Crippen LogP contribution in [-0.2, 0) is 0 Å². The van der Waals surface area contributed by atoms with Crippen molar-refractivity contribution in [3.05, 3.63) is 33.5 Å². The number of amidine groups is 1. The summed E-state index contributed by atoms with van der Waals surface area (Å²) in [4.78, 5) is 0. The van der Waals surface area contributed by atoms with E-state index in [0.29, 0.717) is 15.6 Å². The molecule has 0 aliphatic rings. The van der Waals surface area contributed by atoms with E-state index in [1.807, 2.05) is 0 Å². The molecule has 1 aromatic carbocycles. The third kappa shape index (κ3) is 1.98. The summed E-state index contributed by atoms with van der Waals surface area (Å²) >= 11 is 3.13. The second kappa shape index (κ2) is 3.74. The molecule has 0 aliphatic carbocycles. The summed E-state index contributed by atoms with van der Waals surface area (Å²) in [6.45, 7) is 1.68. The number of rotatable bonds is 1. The number of benzene rings is 1. The Hall–Kier alpha value is -1.10. The van der Waals surface area contributed by atoms with Crippen molar-refractivity contribution in [1.29, 1.82) is 0 Å². The van der Waals surface area contributed by atoms with Gasteiger partial charge < -0.3 is 10.9 Å². The summed E-state index contributed by atoms with van der Waals surface area (Å²) in [6, 6.07) is 2.58. The van der Waals surface area contributed by atoms with Crippen molar-refractivity contribution in [2.24, 2.45) is 10.9 Å². The topological polar surface area (TPSA) is 58.6 Å². The zero-order chi connectivity index (χ0) is 10.0. The second-order valence-electron chi connectivity index (χ2n) is 2.56. The lowest BCUT2D eigenvalue weighted by molar-refractivity contribution is 0.318. The molecule has 5 heteroatoms. The highest BCUT2D eigenvalue weighted by Gasteiger charge is 2.10. The van der Waals surface area contributed by atoms with Gasteiger partial charge in [-0.15, -0.1) is 0 Å². The molecule has 0 unspecified atom stereocenters. The average Bonchev–Trinajstić information content (AvgIpc) is 2.02. The first kappa shape index (κ1) is 9.98. The molecule has 0 atom stereocenters. The molecule has 13 heavy (non-hydrogen) atoms. The molecule has 0 fully saturated rings. The Kier molecular flexibility index (Phi) is 2.87. The first-order chi connectivity index (χ1) is 6.06. The van der Waals surface area contributed by atoms with E-state index < -0.39 is 0 Å². The van der Waals surface area contributed by atoms with E-state index in [-0.39, 0.29) is 11.7 Å². The van der Waals surface area contributed by atoms with Crippen LogP contribution in [0.1, 0.15) is 11.1 Å². The van der Waals surface area contributed by atoms with Gasteiger partial charge in [0, 0.05) is 10.0 Å². The Bertz CT molecular complexity index is 342. The van der Waals surface area contributed by atoms with Crippen LogP contribution in [0.5, 0.6) is 0 Å². The maximum Gasteiger partial charge on any atom is 0.171 e. The molecule has 0 saturated carbocycles. The lowest BCUT2D eigenvalue weighted by atomic mass is 10.1. The Balaban J connectivity index is 3.37. The van der Waals surface area contributed by atoms with Gasteiger partial charge in [0.2, 0.25) is 0 Å². The van der Waals surface area contributed by atoms with Crippen LogP contribution in [0.4, 0.5) is 4.39 Å². The molecular weight excluding hydrogens is 239 g/mol. The van der Waals surface area contributed by atoms with E-state index in [0.717, 1.165) is 0 Å². The molecular formula is C8H8BrFN2O. The SMILES string of the molecule is Cc1cc(F)cc(Br)c1C(N)=NO. The molecule has 3 nitrogen and oxygen atoms in total. The van der Waals surface area contributed by atoms with Crippen LogP contribution < -0.4 is 5.73 Å². The highest BCUT2D eigenvalue weighted by atomic mass is 79.9. The molecule has 0 bridgehead atoms. The van der Waals surface area contributed by atoms with E-state index in [1.54, 1.807) is 6.92 Å². The van der Waals surface area contributed by atoms with E-state index in [1.165, 1.54) is 12.1 Å². The van der Waals surface area contributed by atoms with Gasteiger partial charge in [0.25, 0.3) is 0 Å². The third-order valence-corrected chi connectivity index (χ3v) is 2.24. The van der Waals surface area contributed by atoms with Crippen molar-refractivity contribution in [3.8, 4) is 0 Å². The minimum atomic E-state index is -0.362. The van der Waals surface area contributed by atoms with E-state index in [9.17, 15) is 4.39 Å². The van der Waals surface area contributed by atoms with Gasteiger partial charge in [0.15, 0.2) is 5.84 Å². The van der Waals surface area contributed by atoms with Gasteiger partial charge >= 0.3 is 0 Å². The predicted octanol–water partition coefficient (Wildman–Crippen LogP) is 1.99.